The number of nitrogens with one attached hydrogen (secondary N) is 2. The summed E-state index contributed by atoms with van der Waals surface area (Å²) in [5, 5.41) is 8.90. The normalized spacial score (nSPS) is 20.8. The van der Waals surface area contributed by atoms with E-state index in [1.54, 1.807) is 6.20 Å². The van der Waals surface area contributed by atoms with Crippen molar-refractivity contribution in [1.29, 1.82) is 0 Å². The zero-order valence-corrected chi connectivity index (χ0v) is 17.4. The van der Waals surface area contributed by atoms with Gasteiger partial charge in [-0.25, -0.2) is 4.68 Å². The van der Waals surface area contributed by atoms with Gasteiger partial charge >= 0.3 is 0 Å². The molecule has 7 heteroatoms. The van der Waals surface area contributed by atoms with E-state index in [0.717, 1.165) is 44.7 Å². The van der Waals surface area contributed by atoms with Gasteiger partial charge in [0.2, 0.25) is 5.91 Å². The summed E-state index contributed by atoms with van der Waals surface area (Å²) in [6.07, 6.45) is 4.62. The molecule has 5 rings (SSSR count). The van der Waals surface area contributed by atoms with Gasteiger partial charge in [0.1, 0.15) is 5.82 Å². The first-order chi connectivity index (χ1) is 14.7. The van der Waals surface area contributed by atoms with Crippen molar-refractivity contribution in [2.24, 2.45) is 5.92 Å². The van der Waals surface area contributed by atoms with Gasteiger partial charge in [-0.05, 0) is 37.8 Å². The molecular formula is C23H29N5O2. The third-order valence-electron chi connectivity index (χ3n) is 6.58. The highest BCUT2D eigenvalue weighted by Crippen LogP contribution is 2.28. The highest BCUT2D eigenvalue weighted by atomic mass is 16.5. The lowest BCUT2D eigenvalue weighted by molar-refractivity contribution is -0.119. The lowest BCUT2D eigenvalue weighted by Crippen LogP contribution is -2.35. The number of anilines is 1. The second-order valence-electron chi connectivity index (χ2n) is 8.49. The minimum atomic E-state index is -0.0465. The molecule has 3 aromatic rings. The number of aryl methyl sites for hydroxylation is 1. The van der Waals surface area contributed by atoms with E-state index in [4.69, 9.17) is 4.74 Å². The number of carbonyl (C=O) groups is 1. The van der Waals surface area contributed by atoms with Crippen molar-refractivity contribution in [3.05, 3.63) is 47.8 Å². The zero-order chi connectivity index (χ0) is 20.5. The molecule has 2 fully saturated rings. The number of amides is 1. The van der Waals surface area contributed by atoms with Gasteiger partial charge in [-0.2, -0.15) is 5.10 Å². The molecule has 2 aromatic heterocycles. The SMILES string of the molecule is Cc1c(CN2CCC(n3nccc3NC(=O)[C@H]3CCOC3)CC2)[nH]c2ccccc12. The molecule has 0 saturated carbocycles. The van der Waals surface area contributed by atoms with Crippen molar-refractivity contribution in [2.45, 2.75) is 38.8 Å². The van der Waals surface area contributed by atoms with Gasteiger partial charge in [0, 0.05) is 48.9 Å². The van der Waals surface area contributed by atoms with Gasteiger partial charge < -0.3 is 15.0 Å². The largest absolute Gasteiger partial charge is 0.381 e. The van der Waals surface area contributed by atoms with Crippen LogP contribution >= 0.6 is 0 Å². The van der Waals surface area contributed by atoms with Crippen molar-refractivity contribution in [3.8, 4) is 0 Å². The number of rotatable bonds is 5. The van der Waals surface area contributed by atoms with E-state index in [1.165, 1.54) is 22.2 Å². The fourth-order valence-corrected chi connectivity index (χ4v) is 4.72. The first-order valence-electron chi connectivity index (χ1n) is 10.9. The molecule has 0 aliphatic carbocycles. The molecule has 2 N–H and O–H groups in total. The highest BCUT2D eigenvalue weighted by molar-refractivity contribution is 5.92. The summed E-state index contributed by atoms with van der Waals surface area (Å²) < 4.78 is 7.34. The molecule has 1 amide bonds. The fraction of sp³-hybridized carbons (Fsp3) is 0.478. The lowest BCUT2D eigenvalue weighted by Gasteiger charge is -2.32. The minimum Gasteiger partial charge on any atom is -0.381 e. The minimum absolute atomic E-state index is 0.0426. The Labute approximate surface area is 176 Å². The molecule has 4 heterocycles. The van der Waals surface area contributed by atoms with E-state index >= 15 is 0 Å². The Bertz CT molecular complexity index is 1030. The summed E-state index contributed by atoms with van der Waals surface area (Å²) >= 11 is 0. The molecule has 0 unspecified atom stereocenters. The van der Waals surface area contributed by atoms with Gasteiger partial charge in [0.05, 0.1) is 24.8 Å². The Balaban J connectivity index is 1.20. The number of piperidine rings is 1. The summed E-state index contributed by atoms with van der Waals surface area (Å²) in [5.74, 6) is 0.799. The van der Waals surface area contributed by atoms with Crippen molar-refractivity contribution in [3.63, 3.8) is 0 Å². The topological polar surface area (TPSA) is 75.2 Å². The molecule has 0 bridgehead atoms. The van der Waals surface area contributed by atoms with Crippen LogP contribution in [0.4, 0.5) is 5.82 Å². The number of nitrogens with zero attached hydrogens (tertiary/aromatic N) is 3. The number of H-pyrrole nitrogens is 1. The predicted molar refractivity (Wildman–Crippen MR) is 116 cm³/mol. The number of para-hydroxylation sites is 1. The molecule has 1 aromatic carbocycles. The van der Waals surface area contributed by atoms with Crippen molar-refractivity contribution in [2.75, 3.05) is 31.6 Å². The third-order valence-corrected chi connectivity index (χ3v) is 6.58. The second-order valence-corrected chi connectivity index (χ2v) is 8.49. The van der Waals surface area contributed by atoms with Crippen LogP contribution in [0, 0.1) is 12.8 Å². The van der Waals surface area contributed by atoms with Crippen LogP contribution in [-0.4, -0.2) is 51.9 Å². The van der Waals surface area contributed by atoms with Crippen LogP contribution < -0.4 is 5.32 Å². The lowest BCUT2D eigenvalue weighted by atomic mass is 10.0. The monoisotopic (exact) mass is 407 g/mol. The Hall–Kier alpha value is -2.64. The Morgan fingerprint density at radius 2 is 2.07 bits per heavy atom. The quantitative estimate of drug-likeness (QED) is 0.679. The van der Waals surface area contributed by atoms with Gasteiger partial charge in [-0.3, -0.25) is 9.69 Å². The fourth-order valence-electron chi connectivity index (χ4n) is 4.72. The molecule has 30 heavy (non-hydrogen) atoms. The number of likely N-dealkylation sites (tertiary alicyclic amines) is 1. The number of aromatic nitrogens is 3. The zero-order valence-electron chi connectivity index (χ0n) is 17.4. The summed E-state index contributed by atoms with van der Waals surface area (Å²) in [7, 11) is 0. The van der Waals surface area contributed by atoms with Crippen LogP contribution in [0.15, 0.2) is 36.5 Å². The Morgan fingerprint density at radius 3 is 2.83 bits per heavy atom. The summed E-state index contributed by atoms with van der Waals surface area (Å²) in [4.78, 5) is 18.6. The highest BCUT2D eigenvalue weighted by Gasteiger charge is 2.27. The van der Waals surface area contributed by atoms with Gasteiger partial charge in [-0.15, -0.1) is 0 Å². The maximum Gasteiger partial charge on any atom is 0.231 e. The van der Waals surface area contributed by atoms with E-state index in [9.17, 15) is 4.79 Å². The number of benzene rings is 1. The molecule has 2 aliphatic rings. The number of ether oxygens (including phenoxy) is 1. The van der Waals surface area contributed by atoms with Crippen molar-refractivity contribution >= 4 is 22.6 Å². The van der Waals surface area contributed by atoms with Crippen LogP contribution in [0.5, 0.6) is 0 Å². The Morgan fingerprint density at radius 1 is 1.23 bits per heavy atom. The first kappa shape index (κ1) is 19.3. The maximum absolute atomic E-state index is 12.5. The molecule has 2 saturated heterocycles. The predicted octanol–water partition coefficient (Wildman–Crippen LogP) is 3.48. The standard InChI is InChI=1S/C23H29N5O2/c1-16-19-4-2-3-5-20(19)25-21(16)14-27-11-7-18(8-12-27)28-22(6-10-24-28)26-23(29)17-9-13-30-15-17/h2-6,10,17-18,25H,7-9,11-15H2,1H3,(H,26,29)/t17-/m0/s1. The number of carbonyl (C=O) groups excluding carboxylic acids is 1. The number of aromatic amines is 1. The average molecular weight is 408 g/mol. The molecule has 7 nitrogen and oxygen atoms in total. The van der Waals surface area contributed by atoms with E-state index in [0.29, 0.717) is 19.3 Å². The summed E-state index contributed by atoms with van der Waals surface area (Å²) in [5.41, 5.74) is 3.87. The molecule has 158 valence electrons. The number of fused-ring (bicyclic) bond motifs is 1. The summed E-state index contributed by atoms with van der Waals surface area (Å²) in [6.45, 7) is 6.37. The van der Waals surface area contributed by atoms with E-state index in [-0.39, 0.29) is 11.8 Å². The molecule has 1 atom stereocenters. The second kappa shape index (κ2) is 8.24. The van der Waals surface area contributed by atoms with Crippen LogP contribution in [0.25, 0.3) is 10.9 Å². The van der Waals surface area contributed by atoms with Gasteiger partial charge in [0.25, 0.3) is 0 Å². The third kappa shape index (κ3) is 3.75. The van der Waals surface area contributed by atoms with Crippen molar-refractivity contribution < 1.29 is 9.53 Å². The van der Waals surface area contributed by atoms with Gasteiger partial charge in [-0.1, -0.05) is 18.2 Å². The molecule has 2 aliphatic heterocycles. The first-order valence-corrected chi connectivity index (χ1v) is 10.9. The Kier molecular flexibility index (Phi) is 5.31. The van der Waals surface area contributed by atoms with Crippen molar-refractivity contribution in [1.82, 2.24) is 19.7 Å². The van der Waals surface area contributed by atoms with Crippen LogP contribution in [0.3, 0.4) is 0 Å². The molecule has 0 radical (unpaired) electrons. The van der Waals surface area contributed by atoms with E-state index in [1.807, 2.05) is 10.7 Å². The van der Waals surface area contributed by atoms with Crippen LogP contribution in [0.1, 0.15) is 36.6 Å². The van der Waals surface area contributed by atoms with Crippen LogP contribution in [-0.2, 0) is 16.1 Å². The number of hydrogen-bond acceptors (Lipinski definition) is 4. The average Bonchev–Trinajstić information content (AvgIpc) is 3.51. The van der Waals surface area contributed by atoms with Crippen LogP contribution in [0.2, 0.25) is 0 Å². The molecule has 0 spiro atoms. The maximum atomic E-state index is 12.5. The number of hydrogen-bond donors (Lipinski definition) is 2. The smallest absolute Gasteiger partial charge is 0.231 e. The summed E-state index contributed by atoms with van der Waals surface area (Å²) in [6, 6.07) is 10.7. The van der Waals surface area contributed by atoms with E-state index in [2.05, 4.69) is 51.5 Å². The molecular weight excluding hydrogens is 378 g/mol. The van der Waals surface area contributed by atoms with Gasteiger partial charge in [0.15, 0.2) is 0 Å². The van der Waals surface area contributed by atoms with E-state index < -0.39 is 0 Å².